The van der Waals surface area contributed by atoms with Crippen LogP contribution in [0, 0.1) is 17.0 Å². The maximum atomic E-state index is 11.4. The summed E-state index contributed by atoms with van der Waals surface area (Å²) in [5.74, 6) is -0.663. The highest BCUT2D eigenvalue weighted by atomic mass is 32.1. The molecule has 3 rings (SSSR count). The molecule has 0 spiro atoms. The Bertz CT molecular complexity index is 822. The standard InChI is InChI=1S/C17H21N5O3S/c1-12-11-26-17(19-12)21-6-2-5-20(7-8-21)10-14-4-3-13(16(18)23)9-15(14)22(24)25/h3-4,9,11H,2,5-8,10H2,1H3,(H2,18,23). The van der Waals surface area contributed by atoms with Crippen LogP contribution in [0.25, 0.3) is 0 Å². The molecule has 9 heteroatoms. The topological polar surface area (TPSA) is 106 Å². The molecule has 1 amide bonds. The summed E-state index contributed by atoms with van der Waals surface area (Å²) >= 11 is 1.64. The van der Waals surface area contributed by atoms with Crippen LogP contribution in [0.2, 0.25) is 0 Å². The molecule has 2 N–H and O–H groups in total. The summed E-state index contributed by atoms with van der Waals surface area (Å²) in [6.45, 7) is 5.87. The van der Waals surface area contributed by atoms with E-state index in [9.17, 15) is 14.9 Å². The molecular formula is C17H21N5O3S. The summed E-state index contributed by atoms with van der Waals surface area (Å²) in [5.41, 5.74) is 6.94. The molecule has 138 valence electrons. The number of carbonyl (C=O) groups is 1. The van der Waals surface area contributed by atoms with Crippen LogP contribution in [0.3, 0.4) is 0 Å². The van der Waals surface area contributed by atoms with Crippen molar-refractivity contribution in [2.75, 3.05) is 31.1 Å². The fourth-order valence-electron chi connectivity index (χ4n) is 3.07. The van der Waals surface area contributed by atoms with E-state index in [2.05, 4.69) is 14.8 Å². The number of aromatic nitrogens is 1. The van der Waals surface area contributed by atoms with Crippen molar-refractivity contribution in [3.8, 4) is 0 Å². The number of nitro groups is 1. The van der Waals surface area contributed by atoms with Crippen molar-refractivity contribution in [3.63, 3.8) is 0 Å². The van der Waals surface area contributed by atoms with Crippen LogP contribution < -0.4 is 10.6 Å². The van der Waals surface area contributed by atoms with Gasteiger partial charge in [-0.05, 0) is 19.4 Å². The first kappa shape index (κ1) is 18.3. The van der Waals surface area contributed by atoms with Crippen molar-refractivity contribution >= 4 is 28.1 Å². The Balaban J connectivity index is 1.71. The van der Waals surface area contributed by atoms with Crippen LogP contribution >= 0.6 is 11.3 Å². The summed E-state index contributed by atoms with van der Waals surface area (Å²) in [4.78, 5) is 31.2. The lowest BCUT2D eigenvalue weighted by Gasteiger charge is -2.21. The number of aryl methyl sites for hydroxylation is 1. The number of nitrogens with zero attached hydrogens (tertiary/aromatic N) is 4. The number of amides is 1. The molecule has 0 aliphatic carbocycles. The summed E-state index contributed by atoms with van der Waals surface area (Å²) in [6, 6.07) is 4.44. The number of primary amides is 1. The second kappa shape index (κ2) is 7.79. The predicted molar refractivity (Wildman–Crippen MR) is 101 cm³/mol. The largest absolute Gasteiger partial charge is 0.366 e. The average Bonchev–Trinajstić information content (AvgIpc) is 2.90. The van der Waals surface area contributed by atoms with E-state index in [4.69, 9.17) is 5.73 Å². The van der Waals surface area contributed by atoms with Gasteiger partial charge in [-0.1, -0.05) is 6.07 Å². The summed E-state index contributed by atoms with van der Waals surface area (Å²) in [7, 11) is 0. The molecule has 1 fully saturated rings. The lowest BCUT2D eigenvalue weighted by Crippen LogP contribution is -2.30. The van der Waals surface area contributed by atoms with E-state index in [0.717, 1.165) is 43.4 Å². The van der Waals surface area contributed by atoms with E-state index in [1.54, 1.807) is 23.5 Å². The van der Waals surface area contributed by atoms with Crippen molar-refractivity contribution in [1.82, 2.24) is 9.88 Å². The Morgan fingerprint density at radius 3 is 2.81 bits per heavy atom. The highest BCUT2D eigenvalue weighted by Gasteiger charge is 2.21. The van der Waals surface area contributed by atoms with Crippen LogP contribution in [0.5, 0.6) is 0 Å². The molecule has 8 nitrogen and oxygen atoms in total. The van der Waals surface area contributed by atoms with E-state index >= 15 is 0 Å². The van der Waals surface area contributed by atoms with Gasteiger partial charge in [0, 0.05) is 55.3 Å². The van der Waals surface area contributed by atoms with E-state index in [-0.39, 0.29) is 11.3 Å². The maximum Gasteiger partial charge on any atom is 0.274 e. The number of benzene rings is 1. The van der Waals surface area contributed by atoms with Crippen LogP contribution in [0.15, 0.2) is 23.6 Å². The monoisotopic (exact) mass is 375 g/mol. The zero-order chi connectivity index (χ0) is 18.7. The molecule has 1 aromatic heterocycles. The minimum absolute atomic E-state index is 0.0575. The molecule has 0 radical (unpaired) electrons. The van der Waals surface area contributed by atoms with Crippen molar-refractivity contribution in [1.29, 1.82) is 0 Å². The van der Waals surface area contributed by atoms with E-state index in [0.29, 0.717) is 12.1 Å². The van der Waals surface area contributed by atoms with Gasteiger partial charge in [0.25, 0.3) is 5.69 Å². The first-order valence-corrected chi connectivity index (χ1v) is 9.28. The zero-order valence-corrected chi connectivity index (χ0v) is 15.4. The first-order chi connectivity index (χ1) is 12.4. The van der Waals surface area contributed by atoms with Gasteiger partial charge in [0.2, 0.25) is 5.91 Å². The number of nitrogens with two attached hydrogens (primary N) is 1. The molecule has 2 heterocycles. The van der Waals surface area contributed by atoms with Gasteiger partial charge in [-0.15, -0.1) is 11.3 Å². The van der Waals surface area contributed by atoms with Gasteiger partial charge in [0.05, 0.1) is 10.6 Å². The Morgan fingerprint density at radius 2 is 2.15 bits per heavy atom. The van der Waals surface area contributed by atoms with Gasteiger partial charge in [0.15, 0.2) is 5.13 Å². The maximum absolute atomic E-state index is 11.4. The smallest absolute Gasteiger partial charge is 0.274 e. The highest BCUT2D eigenvalue weighted by Crippen LogP contribution is 2.24. The molecule has 1 aliphatic rings. The summed E-state index contributed by atoms with van der Waals surface area (Å²) < 4.78 is 0. The van der Waals surface area contributed by atoms with Crippen molar-refractivity contribution in [2.24, 2.45) is 5.73 Å². The van der Waals surface area contributed by atoms with Gasteiger partial charge in [0.1, 0.15) is 0 Å². The van der Waals surface area contributed by atoms with Gasteiger partial charge in [-0.2, -0.15) is 0 Å². The van der Waals surface area contributed by atoms with Crippen LogP contribution in [-0.2, 0) is 6.54 Å². The lowest BCUT2D eigenvalue weighted by molar-refractivity contribution is -0.385. The normalized spacial score (nSPS) is 15.7. The summed E-state index contributed by atoms with van der Waals surface area (Å²) in [6.07, 6.45) is 0.964. The third kappa shape index (κ3) is 4.17. The number of carbonyl (C=O) groups excluding carboxylic acids is 1. The second-order valence-corrected chi connectivity index (χ2v) is 7.19. The van der Waals surface area contributed by atoms with Gasteiger partial charge in [-0.25, -0.2) is 4.98 Å². The van der Waals surface area contributed by atoms with Gasteiger partial charge in [-0.3, -0.25) is 19.8 Å². The second-order valence-electron chi connectivity index (χ2n) is 6.35. The number of rotatable bonds is 5. The van der Waals surface area contributed by atoms with Crippen LogP contribution in [0.1, 0.15) is 28.0 Å². The molecule has 1 aromatic carbocycles. The number of thiazole rings is 1. The van der Waals surface area contributed by atoms with Crippen molar-refractivity contribution in [3.05, 3.63) is 50.5 Å². The van der Waals surface area contributed by atoms with Crippen molar-refractivity contribution < 1.29 is 9.72 Å². The van der Waals surface area contributed by atoms with Crippen molar-refractivity contribution in [2.45, 2.75) is 19.9 Å². The molecule has 0 unspecified atom stereocenters. The minimum Gasteiger partial charge on any atom is -0.366 e. The van der Waals surface area contributed by atoms with Crippen LogP contribution in [0.4, 0.5) is 10.8 Å². The Morgan fingerprint density at radius 1 is 1.35 bits per heavy atom. The Hall–Kier alpha value is -2.52. The molecule has 26 heavy (non-hydrogen) atoms. The molecular weight excluding hydrogens is 354 g/mol. The first-order valence-electron chi connectivity index (χ1n) is 8.40. The van der Waals surface area contributed by atoms with E-state index in [1.807, 2.05) is 12.3 Å². The predicted octanol–water partition coefficient (Wildman–Crippen LogP) is 2.17. The summed E-state index contributed by atoms with van der Waals surface area (Å²) in [5, 5.41) is 14.4. The molecule has 0 saturated carbocycles. The number of hydrogen-bond acceptors (Lipinski definition) is 7. The van der Waals surface area contributed by atoms with E-state index < -0.39 is 10.8 Å². The van der Waals surface area contributed by atoms with Gasteiger partial charge < -0.3 is 10.6 Å². The number of anilines is 1. The molecule has 0 atom stereocenters. The molecule has 1 saturated heterocycles. The fourth-order valence-corrected chi connectivity index (χ4v) is 3.93. The van der Waals surface area contributed by atoms with Gasteiger partial charge >= 0.3 is 0 Å². The fraction of sp³-hybridized carbons (Fsp3) is 0.412. The number of nitro benzene ring substituents is 1. The third-order valence-corrected chi connectivity index (χ3v) is 5.45. The molecule has 0 bridgehead atoms. The minimum atomic E-state index is -0.663. The lowest BCUT2D eigenvalue weighted by atomic mass is 10.1. The zero-order valence-electron chi connectivity index (χ0n) is 14.6. The average molecular weight is 375 g/mol. The molecule has 2 aromatic rings. The number of hydrogen-bond donors (Lipinski definition) is 1. The Kier molecular flexibility index (Phi) is 5.48. The highest BCUT2D eigenvalue weighted by molar-refractivity contribution is 7.13. The van der Waals surface area contributed by atoms with E-state index in [1.165, 1.54) is 6.07 Å². The molecule has 1 aliphatic heterocycles. The van der Waals surface area contributed by atoms with Crippen LogP contribution in [-0.4, -0.2) is 46.9 Å². The quantitative estimate of drug-likeness (QED) is 0.634. The third-order valence-electron chi connectivity index (χ3n) is 4.43. The Labute approximate surface area is 155 Å². The SMILES string of the molecule is Cc1csc(N2CCCN(Cc3ccc(C(N)=O)cc3[N+](=O)[O-])CC2)n1.